The Morgan fingerprint density at radius 2 is 0.769 bits per heavy atom. The normalized spacial score (nSPS) is 12.6. The zero-order chi connectivity index (χ0) is 43.5. The number of anilines is 3. The topological polar surface area (TPSA) is 8.17 Å². The SMILES string of the molecule is CC1(C)c2ccccc2-c2cc3c(cc21)c1ccccc1n3-c1cccc(-c2cccc(-c3ccc(N(c4ccc(-c5ccccc5)cc4)c4ccc(-c5ccccc5)cc4)cc3)c2)c1. The smallest absolute Gasteiger partial charge is 0.0547 e. The molecule has 0 spiro atoms. The van der Waals surface area contributed by atoms with Gasteiger partial charge in [0.05, 0.1) is 11.0 Å². The Morgan fingerprint density at radius 3 is 1.38 bits per heavy atom. The highest BCUT2D eigenvalue weighted by molar-refractivity contribution is 6.11. The quantitative estimate of drug-likeness (QED) is 0.148. The van der Waals surface area contributed by atoms with Crippen molar-refractivity contribution in [3.05, 3.63) is 254 Å². The molecule has 1 aliphatic carbocycles. The van der Waals surface area contributed by atoms with Crippen LogP contribution in [-0.2, 0) is 5.41 Å². The van der Waals surface area contributed by atoms with E-state index in [0.29, 0.717) is 0 Å². The summed E-state index contributed by atoms with van der Waals surface area (Å²) in [5, 5.41) is 2.57. The summed E-state index contributed by atoms with van der Waals surface area (Å²) >= 11 is 0. The van der Waals surface area contributed by atoms with Crippen LogP contribution in [0.2, 0.25) is 0 Å². The summed E-state index contributed by atoms with van der Waals surface area (Å²) < 4.78 is 2.46. The second-order valence-corrected chi connectivity index (χ2v) is 17.8. The highest BCUT2D eigenvalue weighted by atomic mass is 15.1. The van der Waals surface area contributed by atoms with E-state index in [1.807, 2.05) is 0 Å². The first-order valence-electron chi connectivity index (χ1n) is 22.6. The Kier molecular flexibility index (Phi) is 9.21. The second kappa shape index (κ2) is 15.6. The molecule has 0 saturated heterocycles. The average Bonchev–Trinajstić information content (AvgIpc) is 3.82. The fourth-order valence-electron chi connectivity index (χ4n) is 10.3. The number of aromatic nitrogens is 1. The molecule has 0 amide bonds. The number of fused-ring (bicyclic) bond motifs is 6. The molecule has 0 fully saturated rings. The van der Waals surface area contributed by atoms with Gasteiger partial charge in [-0.2, -0.15) is 0 Å². The number of nitrogens with zero attached hydrogens (tertiary/aromatic N) is 2. The molecular formula is C63H46N2. The number of hydrogen-bond donors (Lipinski definition) is 0. The van der Waals surface area contributed by atoms with Gasteiger partial charge in [0.1, 0.15) is 0 Å². The average molecular weight is 831 g/mol. The molecule has 2 heteroatoms. The first-order chi connectivity index (χ1) is 32.0. The molecule has 65 heavy (non-hydrogen) atoms. The van der Waals surface area contributed by atoms with E-state index in [9.17, 15) is 0 Å². The molecule has 1 aliphatic rings. The molecule has 12 rings (SSSR count). The fourth-order valence-corrected chi connectivity index (χ4v) is 10.3. The van der Waals surface area contributed by atoms with E-state index < -0.39 is 0 Å². The third-order valence-corrected chi connectivity index (χ3v) is 13.6. The number of hydrogen-bond acceptors (Lipinski definition) is 1. The molecule has 11 aromatic rings. The summed E-state index contributed by atoms with van der Waals surface area (Å²) in [4.78, 5) is 2.35. The highest BCUT2D eigenvalue weighted by Crippen LogP contribution is 2.51. The van der Waals surface area contributed by atoms with Crippen molar-refractivity contribution in [3.8, 4) is 61.3 Å². The molecule has 0 N–H and O–H groups in total. The maximum Gasteiger partial charge on any atom is 0.0547 e. The first-order valence-corrected chi connectivity index (χ1v) is 22.6. The van der Waals surface area contributed by atoms with Crippen LogP contribution in [0.25, 0.3) is 83.1 Å². The zero-order valence-electron chi connectivity index (χ0n) is 36.5. The van der Waals surface area contributed by atoms with Crippen LogP contribution in [0.3, 0.4) is 0 Å². The van der Waals surface area contributed by atoms with E-state index in [4.69, 9.17) is 0 Å². The van der Waals surface area contributed by atoms with Crippen LogP contribution in [0.4, 0.5) is 17.1 Å². The van der Waals surface area contributed by atoms with Crippen molar-refractivity contribution in [2.24, 2.45) is 0 Å². The predicted octanol–water partition coefficient (Wildman–Crippen LogP) is 17.2. The van der Waals surface area contributed by atoms with Crippen molar-refractivity contribution in [1.82, 2.24) is 4.57 Å². The van der Waals surface area contributed by atoms with Crippen LogP contribution in [0.5, 0.6) is 0 Å². The van der Waals surface area contributed by atoms with E-state index in [2.05, 4.69) is 266 Å². The van der Waals surface area contributed by atoms with Crippen LogP contribution in [0.15, 0.2) is 243 Å². The van der Waals surface area contributed by atoms with Gasteiger partial charge in [-0.1, -0.05) is 184 Å². The van der Waals surface area contributed by atoms with Gasteiger partial charge in [-0.3, -0.25) is 0 Å². The Hall–Kier alpha value is -8.20. The number of para-hydroxylation sites is 1. The van der Waals surface area contributed by atoms with Gasteiger partial charge in [-0.05, 0) is 140 Å². The molecule has 0 unspecified atom stereocenters. The predicted molar refractivity (Wildman–Crippen MR) is 275 cm³/mol. The van der Waals surface area contributed by atoms with Gasteiger partial charge in [-0.15, -0.1) is 0 Å². The molecular weight excluding hydrogens is 785 g/mol. The van der Waals surface area contributed by atoms with E-state index in [0.717, 1.165) is 22.7 Å². The van der Waals surface area contributed by atoms with Crippen LogP contribution in [0.1, 0.15) is 25.0 Å². The number of benzene rings is 10. The summed E-state index contributed by atoms with van der Waals surface area (Å²) in [6.07, 6.45) is 0. The van der Waals surface area contributed by atoms with Gasteiger partial charge >= 0.3 is 0 Å². The van der Waals surface area contributed by atoms with E-state index in [1.54, 1.807) is 0 Å². The Morgan fingerprint density at radius 1 is 0.308 bits per heavy atom. The molecule has 1 aromatic heterocycles. The lowest BCUT2D eigenvalue weighted by Gasteiger charge is -2.26. The fraction of sp³-hybridized carbons (Fsp3) is 0.0476. The minimum atomic E-state index is -0.0574. The van der Waals surface area contributed by atoms with Crippen LogP contribution in [-0.4, -0.2) is 4.57 Å². The van der Waals surface area contributed by atoms with Crippen molar-refractivity contribution >= 4 is 38.9 Å². The van der Waals surface area contributed by atoms with Crippen molar-refractivity contribution in [2.45, 2.75) is 19.3 Å². The third kappa shape index (κ3) is 6.65. The third-order valence-electron chi connectivity index (χ3n) is 13.6. The van der Waals surface area contributed by atoms with Crippen LogP contribution >= 0.6 is 0 Å². The minimum Gasteiger partial charge on any atom is -0.311 e. The summed E-state index contributed by atoms with van der Waals surface area (Å²) in [5.74, 6) is 0. The molecule has 308 valence electrons. The van der Waals surface area contributed by atoms with Crippen molar-refractivity contribution in [3.63, 3.8) is 0 Å². The molecule has 0 bridgehead atoms. The summed E-state index contributed by atoms with van der Waals surface area (Å²) in [6.45, 7) is 4.73. The maximum atomic E-state index is 2.46. The largest absolute Gasteiger partial charge is 0.311 e. The van der Waals surface area contributed by atoms with Crippen molar-refractivity contribution in [2.75, 3.05) is 4.90 Å². The Labute approximate surface area is 381 Å². The van der Waals surface area contributed by atoms with Gasteiger partial charge in [0.25, 0.3) is 0 Å². The molecule has 1 heterocycles. The standard InChI is InChI=1S/C63H46N2/c1-63(2)59-25-11-9-23-55(59)57-42-62-58(41-60(57)63)56-24-10-12-26-61(56)65(62)54-22-14-21-50(40-54)49-20-13-19-48(39-49)47-31-37-53(38-32-47)64(51-33-27-45(28-34-51)43-15-5-3-6-16-43)52-35-29-46(30-36-52)44-17-7-4-8-18-44/h3-42H,1-2H3. The molecule has 0 aliphatic heterocycles. The molecule has 0 radical (unpaired) electrons. The van der Waals surface area contributed by atoms with Gasteiger partial charge < -0.3 is 9.47 Å². The lowest BCUT2D eigenvalue weighted by Crippen LogP contribution is -2.14. The molecule has 2 nitrogen and oxygen atoms in total. The molecule has 0 saturated carbocycles. The van der Waals surface area contributed by atoms with Gasteiger partial charge in [0.2, 0.25) is 0 Å². The highest BCUT2D eigenvalue weighted by Gasteiger charge is 2.36. The van der Waals surface area contributed by atoms with E-state index in [1.165, 1.54) is 88.6 Å². The lowest BCUT2D eigenvalue weighted by atomic mass is 9.82. The molecule has 10 aromatic carbocycles. The Balaban J connectivity index is 0.893. The Bertz CT molecular complexity index is 3440. The first kappa shape index (κ1) is 38.5. The minimum absolute atomic E-state index is 0.0574. The zero-order valence-corrected chi connectivity index (χ0v) is 36.5. The number of rotatable bonds is 8. The van der Waals surface area contributed by atoms with Crippen LogP contribution < -0.4 is 4.90 Å². The summed E-state index contributed by atoms with van der Waals surface area (Å²) in [6, 6.07) is 88.6. The maximum absolute atomic E-state index is 2.46. The lowest BCUT2D eigenvalue weighted by molar-refractivity contribution is 0.661. The van der Waals surface area contributed by atoms with Crippen LogP contribution in [0, 0.1) is 0 Å². The summed E-state index contributed by atoms with van der Waals surface area (Å²) in [7, 11) is 0. The summed E-state index contributed by atoms with van der Waals surface area (Å²) in [5.41, 5.74) is 21.9. The van der Waals surface area contributed by atoms with Gasteiger partial charge in [-0.25, -0.2) is 0 Å². The van der Waals surface area contributed by atoms with E-state index >= 15 is 0 Å². The van der Waals surface area contributed by atoms with Crippen molar-refractivity contribution in [1.29, 1.82) is 0 Å². The van der Waals surface area contributed by atoms with Crippen molar-refractivity contribution < 1.29 is 0 Å². The van der Waals surface area contributed by atoms with Gasteiger partial charge in [0, 0.05) is 38.9 Å². The second-order valence-electron chi connectivity index (χ2n) is 17.8. The van der Waals surface area contributed by atoms with E-state index in [-0.39, 0.29) is 5.41 Å². The molecule has 0 atom stereocenters. The monoisotopic (exact) mass is 830 g/mol. The van der Waals surface area contributed by atoms with Gasteiger partial charge in [0.15, 0.2) is 0 Å².